The van der Waals surface area contributed by atoms with E-state index >= 15 is 0 Å². The molecule has 1 rings (SSSR count). The lowest BCUT2D eigenvalue weighted by Gasteiger charge is -2.10. The minimum absolute atomic E-state index is 0.271. The molecule has 0 aromatic heterocycles. The van der Waals surface area contributed by atoms with Crippen LogP contribution < -0.4 is 5.32 Å². The Bertz CT molecular complexity index is 408. The van der Waals surface area contributed by atoms with Gasteiger partial charge >= 0.3 is 5.97 Å². The second-order valence-electron chi connectivity index (χ2n) is 3.27. The fraction of sp³-hybridized carbons (Fsp3) is 0.300. The standard InChI is InChI=1S/C10H13NO4S/c12-10(13)7-11-9(16(14)15)6-8-4-2-1-3-5-8/h1-5,9,11,16H,6-7H2,(H,12,13). The van der Waals surface area contributed by atoms with Gasteiger partial charge in [0.2, 0.25) is 0 Å². The van der Waals surface area contributed by atoms with E-state index in [1.165, 1.54) is 0 Å². The number of carbonyl (C=O) groups is 1. The molecule has 0 heterocycles. The summed E-state index contributed by atoms with van der Waals surface area (Å²) in [5, 5.41) is 10.1. The quantitative estimate of drug-likeness (QED) is 0.605. The Hall–Kier alpha value is -1.40. The first-order valence-electron chi connectivity index (χ1n) is 4.72. The molecule has 1 aromatic carbocycles. The molecule has 1 atom stereocenters. The maximum absolute atomic E-state index is 10.9. The Morgan fingerprint density at radius 1 is 1.31 bits per heavy atom. The van der Waals surface area contributed by atoms with E-state index in [2.05, 4.69) is 5.32 Å². The number of hydrogen-bond acceptors (Lipinski definition) is 4. The fourth-order valence-corrected chi connectivity index (χ4v) is 1.86. The third-order valence-electron chi connectivity index (χ3n) is 2.02. The summed E-state index contributed by atoms with van der Waals surface area (Å²) in [7, 11) is -2.69. The molecule has 6 heteroatoms. The molecule has 0 saturated heterocycles. The topological polar surface area (TPSA) is 83.5 Å². The molecular formula is C10H13NO4S. The number of carboxylic acid groups (broad SMARTS) is 1. The second-order valence-corrected chi connectivity index (χ2v) is 4.46. The highest BCUT2D eigenvalue weighted by molar-refractivity contribution is 7.73. The van der Waals surface area contributed by atoms with Crippen LogP contribution in [0.25, 0.3) is 0 Å². The van der Waals surface area contributed by atoms with Gasteiger partial charge in [-0.05, 0) is 5.56 Å². The molecule has 2 N–H and O–H groups in total. The summed E-state index contributed by atoms with van der Waals surface area (Å²) in [5.74, 6) is -1.07. The molecule has 0 aliphatic carbocycles. The average molecular weight is 243 g/mol. The van der Waals surface area contributed by atoms with Crippen molar-refractivity contribution in [2.75, 3.05) is 6.54 Å². The molecule has 0 saturated carbocycles. The first kappa shape index (κ1) is 12.7. The third-order valence-corrected chi connectivity index (χ3v) is 2.89. The molecular weight excluding hydrogens is 230 g/mol. The first-order valence-corrected chi connectivity index (χ1v) is 5.97. The number of aliphatic carboxylic acids is 1. The Labute approximate surface area is 95.1 Å². The summed E-state index contributed by atoms with van der Waals surface area (Å²) < 4.78 is 21.8. The molecule has 0 spiro atoms. The third kappa shape index (κ3) is 4.41. The summed E-state index contributed by atoms with van der Waals surface area (Å²) >= 11 is 0. The smallest absolute Gasteiger partial charge is 0.317 e. The van der Waals surface area contributed by atoms with Crippen LogP contribution in [-0.4, -0.2) is 31.4 Å². The van der Waals surface area contributed by atoms with Crippen LogP contribution in [0.1, 0.15) is 5.56 Å². The van der Waals surface area contributed by atoms with Gasteiger partial charge < -0.3 is 5.11 Å². The van der Waals surface area contributed by atoms with Gasteiger partial charge in [-0.1, -0.05) is 30.3 Å². The minimum Gasteiger partial charge on any atom is -0.480 e. The predicted molar refractivity (Wildman–Crippen MR) is 59.9 cm³/mol. The summed E-state index contributed by atoms with van der Waals surface area (Å²) in [5.41, 5.74) is 0.851. The first-order chi connectivity index (χ1) is 7.59. The van der Waals surface area contributed by atoms with Gasteiger partial charge in [0.25, 0.3) is 0 Å². The van der Waals surface area contributed by atoms with Gasteiger partial charge in [-0.15, -0.1) is 0 Å². The monoisotopic (exact) mass is 243 g/mol. The molecule has 0 aliphatic heterocycles. The van der Waals surface area contributed by atoms with Gasteiger partial charge in [-0.25, -0.2) is 8.42 Å². The Morgan fingerprint density at radius 3 is 2.44 bits per heavy atom. The molecule has 1 unspecified atom stereocenters. The molecule has 0 bridgehead atoms. The molecule has 1 aromatic rings. The van der Waals surface area contributed by atoms with Crippen LogP contribution >= 0.6 is 0 Å². The second kappa shape index (κ2) is 6.24. The van der Waals surface area contributed by atoms with Crippen LogP contribution in [0.4, 0.5) is 0 Å². The van der Waals surface area contributed by atoms with E-state index < -0.39 is 22.0 Å². The molecule has 0 aliphatic rings. The Balaban J connectivity index is 2.62. The van der Waals surface area contributed by atoms with Gasteiger partial charge in [0.05, 0.1) is 6.54 Å². The zero-order valence-corrected chi connectivity index (χ0v) is 9.39. The highest BCUT2D eigenvalue weighted by Gasteiger charge is 2.12. The zero-order valence-electron chi connectivity index (χ0n) is 8.50. The number of nitrogens with one attached hydrogen (secondary N) is 1. The predicted octanol–water partition coefficient (Wildman–Crippen LogP) is -0.159. The van der Waals surface area contributed by atoms with E-state index in [0.29, 0.717) is 0 Å². The Morgan fingerprint density at radius 2 is 1.94 bits per heavy atom. The number of thiol groups is 1. The van der Waals surface area contributed by atoms with Crippen LogP contribution in [0.15, 0.2) is 30.3 Å². The molecule has 16 heavy (non-hydrogen) atoms. The van der Waals surface area contributed by atoms with E-state index in [4.69, 9.17) is 5.11 Å². The van der Waals surface area contributed by atoms with E-state index in [-0.39, 0.29) is 13.0 Å². The van der Waals surface area contributed by atoms with Gasteiger partial charge in [0.1, 0.15) is 5.37 Å². The van der Waals surface area contributed by atoms with E-state index in [1.807, 2.05) is 18.2 Å². The lowest BCUT2D eigenvalue weighted by molar-refractivity contribution is -0.136. The van der Waals surface area contributed by atoms with E-state index in [0.717, 1.165) is 5.56 Å². The van der Waals surface area contributed by atoms with Crippen LogP contribution in [0.5, 0.6) is 0 Å². The normalized spacial score (nSPS) is 12.6. The van der Waals surface area contributed by atoms with Gasteiger partial charge in [0.15, 0.2) is 10.7 Å². The van der Waals surface area contributed by atoms with Crippen molar-refractivity contribution < 1.29 is 18.3 Å². The van der Waals surface area contributed by atoms with Crippen molar-refractivity contribution >= 4 is 16.7 Å². The van der Waals surface area contributed by atoms with Crippen LogP contribution in [0.2, 0.25) is 0 Å². The van der Waals surface area contributed by atoms with Crippen molar-refractivity contribution in [1.82, 2.24) is 5.32 Å². The highest BCUT2D eigenvalue weighted by atomic mass is 32.2. The fourth-order valence-electron chi connectivity index (χ4n) is 1.26. The lowest BCUT2D eigenvalue weighted by atomic mass is 10.1. The molecule has 5 nitrogen and oxygen atoms in total. The highest BCUT2D eigenvalue weighted by Crippen LogP contribution is 2.03. The summed E-state index contributed by atoms with van der Waals surface area (Å²) in [6.07, 6.45) is 0.271. The summed E-state index contributed by atoms with van der Waals surface area (Å²) in [6.45, 7) is -0.360. The molecule has 0 amide bonds. The van der Waals surface area contributed by atoms with Crippen molar-refractivity contribution in [2.45, 2.75) is 11.8 Å². The maximum Gasteiger partial charge on any atom is 0.317 e. The number of rotatable bonds is 6. The largest absolute Gasteiger partial charge is 0.480 e. The summed E-state index contributed by atoms with van der Waals surface area (Å²) in [6, 6.07) is 9.05. The van der Waals surface area contributed by atoms with Crippen LogP contribution in [0.3, 0.4) is 0 Å². The van der Waals surface area contributed by atoms with Crippen molar-refractivity contribution in [3.8, 4) is 0 Å². The number of hydrogen-bond donors (Lipinski definition) is 3. The molecule has 0 radical (unpaired) electrons. The number of benzene rings is 1. The SMILES string of the molecule is O=C(O)CNC(Cc1ccccc1)[SH](=O)=O. The van der Waals surface area contributed by atoms with E-state index in [9.17, 15) is 13.2 Å². The minimum atomic E-state index is -2.69. The van der Waals surface area contributed by atoms with Crippen molar-refractivity contribution in [1.29, 1.82) is 0 Å². The lowest BCUT2D eigenvalue weighted by Crippen LogP contribution is -2.36. The zero-order chi connectivity index (χ0) is 12.0. The molecule has 0 fully saturated rings. The molecule has 88 valence electrons. The van der Waals surface area contributed by atoms with Gasteiger partial charge in [-0.2, -0.15) is 0 Å². The number of carboxylic acids is 1. The van der Waals surface area contributed by atoms with Gasteiger partial charge in [-0.3, -0.25) is 10.1 Å². The summed E-state index contributed by atoms with van der Waals surface area (Å²) in [4.78, 5) is 10.3. The van der Waals surface area contributed by atoms with Crippen molar-refractivity contribution in [3.63, 3.8) is 0 Å². The maximum atomic E-state index is 10.9. The van der Waals surface area contributed by atoms with Crippen LogP contribution in [0, 0.1) is 0 Å². The van der Waals surface area contributed by atoms with E-state index in [1.54, 1.807) is 12.1 Å². The van der Waals surface area contributed by atoms with Crippen LogP contribution in [-0.2, 0) is 21.9 Å². The Kier molecular flexibility index (Phi) is 4.94. The average Bonchev–Trinajstić information content (AvgIpc) is 2.25. The van der Waals surface area contributed by atoms with Gasteiger partial charge in [0, 0.05) is 6.42 Å². The van der Waals surface area contributed by atoms with Crippen molar-refractivity contribution in [3.05, 3.63) is 35.9 Å². The van der Waals surface area contributed by atoms with Crippen molar-refractivity contribution in [2.24, 2.45) is 0 Å².